The normalized spacial score (nSPS) is 11.8. The van der Waals surface area contributed by atoms with Gasteiger partial charge in [-0.25, -0.2) is 4.79 Å². The second-order valence-corrected chi connectivity index (χ2v) is 10.1. The molecular weight excluding hydrogens is 507 g/mol. The lowest BCUT2D eigenvalue weighted by atomic mass is 9.93. The van der Waals surface area contributed by atoms with E-state index in [0.29, 0.717) is 22.3 Å². The summed E-state index contributed by atoms with van der Waals surface area (Å²) in [4.78, 5) is 14.8. The minimum absolute atomic E-state index is 0.141. The van der Waals surface area contributed by atoms with Gasteiger partial charge in [0.2, 0.25) is 0 Å². The molecule has 0 aromatic heterocycles. The van der Waals surface area contributed by atoms with Crippen molar-refractivity contribution in [3.05, 3.63) is 82.3 Å². The van der Waals surface area contributed by atoms with Gasteiger partial charge in [0.1, 0.15) is 5.75 Å². The van der Waals surface area contributed by atoms with Crippen LogP contribution < -0.4 is 20.7 Å². The molecule has 0 bridgehead atoms. The smallest absolute Gasteiger partial charge is 0.319 e. The average molecular weight is 544 g/mol. The first-order chi connectivity index (χ1) is 17.9. The van der Waals surface area contributed by atoms with Crippen molar-refractivity contribution in [1.29, 1.82) is 0 Å². The third kappa shape index (κ3) is 9.56. The number of amides is 2. The van der Waals surface area contributed by atoms with Crippen LogP contribution in [-0.2, 0) is 0 Å². The molecule has 6 nitrogen and oxygen atoms in total. The Kier molecular flexibility index (Phi) is 11.5. The van der Waals surface area contributed by atoms with Crippen LogP contribution in [0.15, 0.2) is 66.7 Å². The number of urea groups is 1. The van der Waals surface area contributed by atoms with Crippen molar-refractivity contribution in [1.82, 2.24) is 15.5 Å². The standard InChI is InChI=1S/C29H36Cl2N4O2/c1-35(2)16-6-14-32-15-13-23(20-33-29(36)34-26-18-24(30)17-25(31)19-26)21-9-11-22(12-10-21)27-7-4-5-8-28(27)37-3/h4-5,7-12,17-19,23,32H,6,13-16,20H2,1-3H3,(H2,33,34,36). The van der Waals surface area contributed by atoms with Gasteiger partial charge >= 0.3 is 6.03 Å². The summed E-state index contributed by atoms with van der Waals surface area (Å²) in [6, 6.07) is 21.1. The number of nitrogens with one attached hydrogen (secondary N) is 3. The summed E-state index contributed by atoms with van der Waals surface area (Å²) in [7, 11) is 5.85. The van der Waals surface area contributed by atoms with Crippen molar-refractivity contribution in [3.8, 4) is 16.9 Å². The Bertz CT molecular complexity index is 1120. The van der Waals surface area contributed by atoms with Crippen molar-refractivity contribution in [3.63, 3.8) is 0 Å². The van der Waals surface area contributed by atoms with E-state index in [1.54, 1.807) is 25.3 Å². The highest BCUT2D eigenvalue weighted by Gasteiger charge is 2.15. The second kappa shape index (κ2) is 14.8. The van der Waals surface area contributed by atoms with Gasteiger partial charge < -0.3 is 25.6 Å². The molecule has 0 aliphatic rings. The lowest BCUT2D eigenvalue weighted by Gasteiger charge is -2.20. The third-order valence-electron chi connectivity index (χ3n) is 6.06. The first kappa shape index (κ1) is 28.8. The highest BCUT2D eigenvalue weighted by atomic mass is 35.5. The Morgan fingerprint density at radius 1 is 0.973 bits per heavy atom. The summed E-state index contributed by atoms with van der Waals surface area (Å²) in [5, 5.41) is 10.3. The fourth-order valence-corrected chi connectivity index (χ4v) is 4.67. The maximum absolute atomic E-state index is 12.6. The number of para-hydroxylation sites is 1. The van der Waals surface area contributed by atoms with Crippen LogP contribution in [0.3, 0.4) is 0 Å². The van der Waals surface area contributed by atoms with E-state index in [1.807, 2.05) is 18.2 Å². The minimum atomic E-state index is -0.298. The van der Waals surface area contributed by atoms with Crippen molar-refractivity contribution < 1.29 is 9.53 Å². The number of halogens is 2. The van der Waals surface area contributed by atoms with Crippen molar-refractivity contribution in [2.24, 2.45) is 0 Å². The molecule has 0 aliphatic heterocycles. The topological polar surface area (TPSA) is 65.6 Å². The predicted octanol–water partition coefficient (Wildman–Crippen LogP) is 6.51. The molecule has 0 heterocycles. The Morgan fingerprint density at radius 3 is 2.35 bits per heavy atom. The highest BCUT2D eigenvalue weighted by molar-refractivity contribution is 6.35. The molecule has 0 fully saturated rings. The maximum Gasteiger partial charge on any atom is 0.319 e. The van der Waals surface area contributed by atoms with Crippen LogP contribution in [0.4, 0.5) is 10.5 Å². The Morgan fingerprint density at radius 2 is 1.68 bits per heavy atom. The molecule has 1 atom stereocenters. The minimum Gasteiger partial charge on any atom is -0.496 e. The predicted molar refractivity (Wildman–Crippen MR) is 155 cm³/mol. The van der Waals surface area contributed by atoms with Crippen LogP contribution in [0.5, 0.6) is 5.75 Å². The molecule has 0 radical (unpaired) electrons. The summed E-state index contributed by atoms with van der Waals surface area (Å²) in [5.41, 5.74) is 3.86. The van der Waals surface area contributed by atoms with Crippen LogP contribution in [0.25, 0.3) is 11.1 Å². The highest BCUT2D eigenvalue weighted by Crippen LogP contribution is 2.31. The van der Waals surface area contributed by atoms with Crippen molar-refractivity contribution >= 4 is 34.9 Å². The molecular formula is C29H36Cl2N4O2. The van der Waals surface area contributed by atoms with Gasteiger partial charge in [0, 0.05) is 33.8 Å². The van der Waals surface area contributed by atoms with E-state index in [9.17, 15) is 4.79 Å². The maximum atomic E-state index is 12.6. The largest absolute Gasteiger partial charge is 0.496 e. The van der Waals surface area contributed by atoms with E-state index in [0.717, 1.165) is 49.4 Å². The number of carbonyl (C=O) groups is 1. The van der Waals surface area contributed by atoms with Gasteiger partial charge in [-0.1, -0.05) is 65.7 Å². The van der Waals surface area contributed by atoms with Gasteiger partial charge in [0.15, 0.2) is 0 Å². The zero-order valence-corrected chi connectivity index (χ0v) is 23.2. The van der Waals surface area contributed by atoms with Crippen LogP contribution in [0.2, 0.25) is 10.0 Å². The molecule has 1 unspecified atom stereocenters. The number of ether oxygens (including phenoxy) is 1. The molecule has 0 saturated heterocycles. The molecule has 37 heavy (non-hydrogen) atoms. The molecule has 0 saturated carbocycles. The van der Waals surface area contributed by atoms with E-state index < -0.39 is 0 Å². The molecule has 3 aromatic rings. The molecule has 0 aliphatic carbocycles. The third-order valence-corrected chi connectivity index (χ3v) is 6.49. The first-order valence-corrected chi connectivity index (χ1v) is 13.2. The molecule has 0 spiro atoms. The van der Waals surface area contributed by atoms with E-state index >= 15 is 0 Å². The number of hydrogen-bond donors (Lipinski definition) is 3. The number of nitrogens with zero attached hydrogens (tertiary/aromatic N) is 1. The number of carbonyl (C=O) groups excluding carboxylic acids is 1. The van der Waals surface area contributed by atoms with Crippen molar-refractivity contribution in [2.75, 3.05) is 52.7 Å². The quantitative estimate of drug-likeness (QED) is 0.215. The van der Waals surface area contributed by atoms with Gasteiger partial charge in [-0.3, -0.25) is 0 Å². The molecule has 2 amide bonds. The van der Waals surface area contributed by atoms with E-state index in [-0.39, 0.29) is 11.9 Å². The Balaban J connectivity index is 1.65. The summed E-state index contributed by atoms with van der Waals surface area (Å²) >= 11 is 12.1. The van der Waals surface area contributed by atoms with Gasteiger partial charge in [0.25, 0.3) is 0 Å². The van der Waals surface area contributed by atoms with Gasteiger partial charge in [-0.2, -0.15) is 0 Å². The van der Waals surface area contributed by atoms with Crippen molar-refractivity contribution in [2.45, 2.75) is 18.8 Å². The number of methoxy groups -OCH3 is 1. The SMILES string of the molecule is COc1ccccc1-c1ccc(C(CCNCCCN(C)C)CNC(=O)Nc2cc(Cl)cc(Cl)c2)cc1. The average Bonchev–Trinajstić information content (AvgIpc) is 2.87. The van der Waals surface area contributed by atoms with Crippen LogP contribution in [0, 0.1) is 0 Å². The lowest BCUT2D eigenvalue weighted by Crippen LogP contribution is -2.33. The summed E-state index contributed by atoms with van der Waals surface area (Å²) in [6.07, 6.45) is 1.98. The lowest BCUT2D eigenvalue weighted by molar-refractivity contribution is 0.251. The second-order valence-electron chi connectivity index (χ2n) is 9.21. The number of benzene rings is 3. The molecule has 198 valence electrons. The Hall–Kier alpha value is -2.77. The molecule has 3 N–H and O–H groups in total. The molecule has 3 rings (SSSR count). The van der Waals surface area contributed by atoms with E-state index in [1.165, 1.54) is 5.56 Å². The Labute approximate surface area is 230 Å². The van der Waals surface area contributed by atoms with Crippen LogP contribution >= 0.6 is 23.2 Å². The summed E-state index contributed by atoms with van der Waals surface area (Å²) in [6.45, 7) is 3.37. The van der Waals surface area contributed by atoms with Gasteiger partial charge in [-0.15, -0.1) is 0 Å². The number of hydrogen-bond acceptors (Lipinski definition) is 4. The van der Waals surface area contributed by atoms with Crippen LogP contribution in [0.1, 0.15) is 24.3 Å². The number of rotatable bonds is 13. The first-order valence-electron chi connectivity index (χ1n) is 12.5. The molecule has 3 aromatic carbocycles. The fourth-order valence-electron chi connectivity index (χ4n) is 4.14. The fraction of sp³-hybridized carbons (Fsp3) is 0.345. The van der Waals surface area contributed by atoms with Crippen LogP contribution in [-0.4, -0.2) is 58.3 Å². The van der Waals surface area contributed by atoms with Gasteiger partial charge in [0.05, 0.1) is 7.11 Å². The zero-order chi connectivity index (χ0) is 26.6. The number of anilines is 1. The van der Waals surface area contributed by atoms with E-state index in [2.05, 4.69) is 65.3 Å². The molecule has 8 heteroatoms. The summed E-state index contributed by atoms with van der Waals surface area (Å²) in [5.74, 6) is 0.981. The summed E-state index contributed by atoms with van der Waals surface area (Å²) < 4.78 is 5.52. The van der Waals surface area contributed by atoms with E-state index in [4.69, 9.17) is 27.9 Å². The monoisotopic (exact) mass is 542 g/mol. The zero-order valence-electron chi connectivity index (χ0n) is 21.7. The van der Waals surface area contributed by atoms with Gasteiger partial charge in [-0.05, 0) is 82.0 Å².